The molecule has 0 nitrogen and oxygen atoms in total. The summed E-state index contributed by atoms with van der Waals surface area (Å²) in [5, 5.41) is 0. The smallest absolute Gasteiger partial charge is 0.126 e. The van der Waals surface area contributed by atoms with Crippen molar-refractivity contribution in [3.63, 3.8) is 0 Å². The van der Waals surface area contributed by atoms with E-state index in [1.807, 2.05) is 24.3 Å². The van der Waals surface area contributed by atoms with E-state index in [0.717, 1.165) is 0 Å². The van der Waals surface area contributed by atoms with E-state index in [1.54, 1.807) is 0 Å². The van der Waals surface area contributed by atoms with Crippen LogP contribution in [0.25, 0.3) is 0 Å². The molecule has 0 atom stereocenters. The summed E-state index contributed by atoms with van der Waals surface area (Å²) >= 11 is 0. The first kappa shape index (κ1) is 20.6. The Morgan fingerprint density at radius 3 is 0.667 bits per heavy atom. The first-order valence-electron chi connectivity index (χ1n) is 8.80. The van der Waals surface area contributed by atoms with Crippen LogP contribution in [0.1, 0.15) is 22.3 Å². The van der Waals surface area contributed by atoms with E-state index in [9.17, 15) is 0 Å². The average molecular weight is 400 g/mol. The van der Waals surface area contributed by atoms with Gasteiger partial charge in [0.05, 0.1) is 0 Å². The maximum absolute atomic E-state index is 2.17. The zero-order valence-corrected chi connectivity index (χ0v) is 18.4. The summed E-state index contributed by atoms with van der Waals surface area (Å²) in [4.78, 5) is 0. The molecule has 0 aliphatic rings. The van der Waals surface area contributed by atoms with Gasteiger partial charge in [-0.2, -0.15) is 0 Å². The second-order valence-electron chi connectivity index (χ2n) is 5.93. The first-order valence-corrected chi connectivity index (χ1v) is 8.80. The predicted octanol–water partition coefficient (Wildman–Crippen LogP) is 6.57. The quantitative estimate of drug-likeness (QED) is 0.269. The normalized spacial score (nSPS) is 9.19. The van der Waals surface area contributed by atoms with Crippen LogP contribution in [0.2, 0.25) is 0 Å². The SMILES string of the molecule is [Zn+2].c1ccc([CH-]c2ccccc2)cc1.c1ccc([CH-]c2ccccc2)cc1. The van der Waals surface area contributed by atoms with Crippen LogP contribution in [0, 0.1) is 12.8 Å². The molecule has 0 heterocycles. The van der Waals surface area contributed by atoms with E-state index in [-0.39, 0.29) is 19.5 Å². The van der Waals surface area contributed by atoms with Crippen LogP contribution >= 0.6 is 0 Å². The van der Waals surface area contributed by atoms with E-state index in [1.165, 1.54) is 22.3 Å². The summed E-state index contributed by atoms with van der Waals surface area (Å²) in [6, 6.07) is 41.4. The van der Waals surface area contributed by atoms with Crippen molar-refractivity contribution in [2.75, 3.05) is 0 Å². The fourth-order valence-electron chi connectivity index (χ4n) is 2.58. The van der Waals surface area contributed by atoms with Crippen molar-refractivity contribution in [2.45, 2.75) is 0 Å². The van der Waals surface area contributed by atoms with E-state index in [4.69, 9.17) is 0 Å². The Labute approximate surface area is 175 Å². The van der Waals surface area contributed by atoms with Crippen LogP contribution < -0.4 is 0 Å². The zero-order valence-electron chi connectivity index (χ0n) is 15.4. The molecule has 27 heavy (non-hydrogen) atoms. The van der Waals surface area contributed by atoms with Crippen molar-refractivity contribution in [1.82, 2.24) is 0 Å². The molecule has 128 valence electrons. The van der Waals surface area contributed by atoms with Gasteiger partial charge in [0, 0.05) is 0 Å². The zero-order chi connectivity index (χ0) is 17.9. The molecule has 0 aliphatic heterocycles. The largest absolute Gasteiger partial charge is 2.00 e. The summed E-state index contributed by atoms with van der Waals surface area (Å²) in [7, 11) is 0. The minimum absolute atomic E-state index is 0. The van der Waals surface area contributed by atoms with Gasteiger partial charge >= 0.3 is 19.5 Å². The van der Waals surface area contributed by atoms with Crippen LogP contribution in [0.5, 0.6) is 0 Å². The summed E-state index contributed by atoms with van der Waals surface area (Å²) < 4.78 is 0. The summed E-state index contributed by atoms with van der Waals surface area (Å²) in [6.45, 7) is 0. The molecule has 0 unspecified atom stereocenters. The van der Waals surface area contributed by atoms with Gasteiger partial charge in [-0.1, -0.05) is 72.8 Å². The van der Waals surface area contributed by atoms with Crippen LogP contribution in [-0.4, -0.2) is 0 Å². The molecule has 0 aliphatic carbocycles. The van der Waals surface area contributed by atoms with E-state index < -0.39 is 0 Å². The van der Waals surface area contributed by atoms with Crippen LogP contribution in [-0.2, 0) is 19.5 Å². The third-order valence-corrected chi connectivity index (χ3v) is 3.86. The monoisotopic (exact) mass is 398 g/mol. The third kappa shape index (κ3) is 7.56. The molecule has 0 saturated heterocycles. The molecule has 0 radical (unpaired) electrons. The Kier molecular flexibility index (Phi) is 8.97. The van der Waals surface area contributed by atoms with E-state index in [0.29, 0.717) is 0 Å². The van der Waals surface area contributed by atoms with Crippen LogP contribution in [0.15, 0.2) is 121 Å². The van der Waals surface area contributed by atoms with Gasteiger partial charge in [-0.25, -0.2) is 0 Å². The van der Waals surface area contributed by atoms with E-state index >= 15 is 0 Å². The summed E-state index contributed by atoms with van der Waals surface area (Å²) in [5.74, 6) is 0. The molecular formula is C26H22Zn. The molecule has 0 aromatic heterocycles. The fraction of sp³-hybridized carbons (Fsp3) is 0. The molecule has 0 fully saturated rings. The van der Waals surface area contributed by atoms with Crippen molar-refractivity contribution in [3.8, 4) is 0 Å². The van der Waals surface area contributed by atoms with Crippen molar-refractivity contribution < 1.29 is 19.5 Å². The van der Waals surface area contributed by atoms with Crippen molar-refractivity contribution in [3.05, 3.63) is 156 Å². The van der Waals surface area contributed by atoms with Gasteiger partial charge in [0.2, 0.25) is 0 Å². The topological polar surface area (TPSA) is 0 Å². The number of benzene rings is 4. The van der Waals surface area contributed by atoms with Crippen LogP contribution in [0.3, 0.4) is 0 Å². The Morgan fingerprint density at radius 2 is 0.481 bits per heavy atom. The van der Waals surface area contributed by atoms with Crippen molar-refractivity contribution >= 4 is 0 Å². The Hall–Kier alpha value is -2.76. The van der Waals surface area contributed by atoms with Gasteiger partial charge in [-0.05, 0) is 0 Å². The predicted molar refractivity (Wildman–Crippen MR) is 111 cm³/mol. The Morgan fingerprint density at radius 1 is 0.296 bits per heavy atom. The molecule has 0 N–H and O–H groups in total. The second kappa shape index (κ2) is 11.8. The number of hydrogen-bond acceptors (Lipinski definition) is 0. The molecule has 4 aromatic carbocycles. The molecule has 4 rings (SSSR count). The molecule has 0 spiro atoms. The molecule has 4 aromatic rings. The minimum Gasteiger partial charge on any atom is -0.126 e. The summed E-state index contributed by atoms with van der Waals surface area (Å²) in [5.41, 5.74) is 4.98. The molecule has 0 saturated carbocycles. The third-order valence-electron chi connectivity index (χ3n) is 3.86. The average Bonchev–Trinajstić information content (AvgIpc) is 2.72. The maximum Gasteiger partial charge on any atom is 2.00 e. The number of hydrogen-bond donors (Lipinski definition) is 0. The summed E-state index contributed by atoms with van der Waals surface area (Å²) in [6.07, 6.45) is 4.33. The molecule has 0 bridgehead atoms. The van der Waals surface area contributed by atoms with Gasteiger partial charge in [-0.15, -0.1) is 83.6 Å². The van der Waals surface area contributed by atoms with Crippen molar-refractivity contribution in [2.24, 2.45) is 0 Å². The Balaban J connectivity index is 0.000000187. The van der Waals surface area contributed by atoms with Crippen molar-refractivity contribution in [1.29, 1.82) is 0 Å². The minimum atomic E-state index is 0. The van der Waals surface area contributed by atoms with Gasteiger partial charge in [0.25, 0.3) is 0 Å². The number of rotatable bonds is 4. The molecule has 1 heteroatoms. The maximum atomic E-state index is 2.17. The first-order chi connectivity index (χ1) is 12.9. The fourth-order valence-corrected chi connectivity index (χ4v) is 2.58. The second-order valence-corrected chi connectivity index (χ2v) is 5.93. The standard InChI is InChI=1S/2C13H11.Zn/c2*1-3-7-12(8-4-1)11-13-9-5-2-6-10-13;/h2*1-11H;/q2*-1;+2. The van der Waals surface area contributed by atoms with Gasteiger partial charge in [0.15, 0.2) is 0 Å². The van der Waals surface area contributed by atoms with Gasteiger partial charge < -0.3 is 0 Å². The van der Waals surface area contributed by atoms with Gasteiger partial charge in [-0.3, -0.25) is 0 Å². The van der Waals surface area contributed by atoms with E-state index in [2.05, 4.69) is 110 Å². The Bertz CT molecular complexity index is 705. The van der Waals surface area contributed by atoms with Gasteiger partial charge in [0.1, 0.15) is 0 Å². The molecule has 0 amide bonds. The molecular weight excluding hydrogens is 378 g/mol. The van der Waals surface area contributed by atoms with Crippen LogP contribution in [0.4, 0.5) is 0 Å².